The van der Waals surface area contributed by atoms with E-state index >= 15 is 0 Å². The number of thioether (sulfide) groups is 1. The Balaban J connectivity index is 2.07. The van der Waals surface area contributed by atoms with Crippen LogP contribution in [-0.4, -0.2) is 35.1 Å². The highest BCUT2D eigenvalue weighted by Gasteiger charge is 2.33. The van der Waals surface area contributed by atoms with E-state index in [1.165, 1.54) is 11.8 Å². The lowest BCUT2D eigenvalue weighted by Crippen LogP contribution is -2.42. The molecule has 108 valence electrons. The van der Waals surface area contributed by atoms with Crippen molar-refractivity contribution in [3.8, 4) is 0 Å². The van der Waals surface area contributed by atoms with Crippen molar-refractivity contribution in [3.05, 3.63) is 18.3 Å². The maximum Gasteiger partial charge on any atom is 0.240 e. The first kappa shape index (κ1) is 14.8. The van der Waals surface area contributed by atoms with Gasteiger partial charge in [-0.15, -0.1) is 0 Å². The summed E-state index contributed by atoms with van der Waals surface area (Å²) in [4.78, 5) is 30.1. The van der Waals surface area contributed by atoms with E-state index in [1.807, 2.05) is 19.9 Å². The molecule has 0 unspecified atom stereocenters. The largest absolute Gasteiger partial charge is 0.354 e. The highest BCUT2D eigenvalue weighted by Crippen LogP contribution is 2.37. The van der Waals surface area contributed by atoms with Crippen LogP contribution >= 0.6 is 11.8 Å². The number of nitrogens with zero attached hydrogens (tertiary/aromatic N) is 2. The fourth-order valence-electron chi connectivity index (χ4n) is 1.98. The van der Waals surface area contributed by atoms with Crippen LogP contribution in [0.15, 0.2) is 23.4 Å². The number of nitrogens with one attached hydrogen (secondary N) is 1. The van der Waals surface area contributed by atoms with E-state index in [-0.39, 0.29) is 24.3 Å². The number of amides is 2. The number of aromatic nitrogens is 1. The van der Waals surface area contributed by atoms with Crippen LogP contribution in [0.5, 0.6) is 0 Å². The Bertz CT molecular complexity index is 521. The van der Waals surface area contributed by atoms with Crippen molar-refractivity contribution in [3.63, 3.8) is 0 Å². The van der Waals surface area contributed by atoms with Crippen molar-refractivity contribution in [2.75, 3.05) is 11.9 Å². The van der Waals surface area contributed by atoms with Crippen LogP contribution in [0.25, 0.3) is 0 Å². The molecular weight excluding hydrogens is 274 g/mol. The second-order valence-electron chi connectivity index (χ2n) is 4.91. The smallest absolute Gasteiger partial charge is 0.240 e. The van der Waals surface area contributed by atoms with Gasteiger partial charge in [0.05, 0.1) is 10.9 Å². The molecule has 0 saturated heterocycles. The van der Waals surface area contributed by atoms with Gasteiger partial charge in [-0.3, -0.25) is 9.59 Å². The van der Waals surface area contributed by atoms with E-state index in [9.17, 15) is 9.59 Å². The Morgan fingerprint density at radius 1 is 1.60 bits per heavy atom. The third-order valence-electron chi connectivity index (χ3n) is 3.36. The predicted octanol–water partition coefficient (Wildman–Crippen LogP) is 1.82. The van der Waals surface area contributed by atoms with Crippen molar-refractivity contribution in [1.29, 1.82) is 0 Å². The van der Waals surface area contributed by atoms with E-state index in [1.54, 1.807) is 24.2 Å². The first-order valence-electron chi connectivity index (χ1n) is 6.71. The summed E-state index contributed by atoms with van der Waals surface area (Å²) in [6, 6.07) is 3.80. The molecule has 1 aromatic heterocycles. The zero-order valence-corrected chi connectivity index (χ0v) is 12.7. The molecule has 2 atom stereocenters. The van der Waals surface area contributed by atoms with Gasteiger partial charge in [0.25, 0.3) is 0 Å². The normalized spacial score (nSPS) is 19.4. The molecule has 2 amide bonds. The van der Waals surface area contributed by atoms with Gasteiger partial charge in [-0.05, 0) is 25.5 Å². The summed E-state index contributed by atoms with van der Waals surface area (Å²) in [5.41, 5.74) is 0.807. The maximum absolute atomic E-state index is 12.3. The molecular formula is C14H19N3O2S. The summed E-state index contributed by atoms with van der Waals surface area (Å²) in [5, 5.41) is 3.30. The van der Waals surface area contributed by atoms with Crippen LogP contribution in [0.2, 0.25) is 0 Å². The summed E-state index contributed by atoms with van der Waals surface area (Å²) >= 11 is 1.37. The van der Waals surface area contributed by atoms with Crippen molar-refractivity contribution >= 4 is 29.3 Å². The summed E-state index contributed by atoms with van der Waals surface area (Å²) < 4.78 is 0. The first-order chi connectivity index (χ1) is 9.52. The molecule has 0 aromatic carbocycles. The average molecular weight is 293 g/mol. The van der Waals surface area contributed by atoms with Crippen LogP contribution in [0.1, 0.15) is 26.7 Å². The number of carbonyl (C=O) groups is 2. The number of pyridine rings is 1. The molecule has 0 radical (unpaired) electrons. The molecule has 0 spiro atoms. The molecule has 6 heteroatoms. The molecule has 1 aromatic rings. The molecule has 2 rings (SSSR count). The van der Waals surface area contributed by atoms with E-state index in [0.717, 1.165) is 17.1 Å². The monoisotopic (exact) mass is 293 g/mol. The highest BCUT2D eigenvalue weighted by atomic mass is 32.2. The zero-order valence-electron chi connectivity index (χ0n) is 11.9. The van der Waals surface area contributed by atoms with Crippen LogP contribution in [-0.2, 0) is 9.59 Å². The van der Waals surface area contributed by atoms with Crippen LogP contribution in [0, 0.1) is 0 Å². The van der Waals surface area contributed by atoms with Crippen molar-refractivity contribution in [2.24, 2.45) is 0 Å². The van der Waals surface area contributed by atoms with E-state index in [0.29, 0.717) is 0 Å². The molecule has 1 aliphatic rings. The summed E-state index contributed by atoms with van der Waals surface area (Å²) in [6.45, 7) is 3.97. The molecule has 5 nitrogen and oxygen atoms in total. The Kier molecular flexibility index (Phi) is 4.65. The van der Waals surface area contributed by atoms with Crippen LogP contribution in [0.3, 0.4) is 0 Å². The van der Waals surface area contributed by atoms with Crippen LogP contribution in [0.4, 0.5) is 5.69 Å². The van der Waals surface area contributed by atoms with Gasteiger partial charge in [0.2, 0.25) is 11.8 Å². The fourth-order valence-corrected chi connectivity index (χ4v) is 3.19. The lowest BCUT2D eigenvalue weighted by atomic mass is 10.2. The van der Waals surface area contributed by atoms with Gasteiger partial charge in [-0.1, -0.05) is 18.7 Å². The minimum absolute atomic E-state index is 0.0465. The summed E-state index contributed by atoms with van der Waals surface area (Å²) in [5.74, 6) is -0.132. The van der Waals surface area contributed by atoms with Gasteiger partial charge in [0, 0.05) is 25.7 Å². The molecule has 0 saturated carbocycles. The molecule has 0 fully saturated rings. The van der Waals surface area contributed by atoms with Gasteiger partial charge in [-0.2, -0.15) is 0 Å². The van der Waals surface area contributed by atoms with E-state index in [4.69, 9.17) is 0 Å². The number of carbonyl (C=O) groups excluding carboxylic acids is 2. The third kappa shape index (κ3) is 3.12. The Hall–Kier alpha value is -1.56. The maximum atomic E-state index is 12.3. The Morgan fingerprint density at radius 3 is 3.05 bits per heavy atom. The minimum Gasteiger partial charge on any atom is -0.354 e. The lowest BCUT2D eigenvalue weighted by Gasteiger charge is -2.29. The molecule has 2 heterocycles. The van der Waals surface area contributed by atoms with Gasteiger partial charge >= 0.3 is 0 Å². The van der Waals surface area contributed by atoms with Gasteiger partial charge < -0.3 is 10.2 Å². The standard InChI is InChI=1S/C14H19N3O2S/c1-4-9(2)16-12(18)8-11-14(19)17(3)10-6-5-7-15-13(10)20-11/h5-7,9,11H,4,8H2,1-3H3,(H,16,18)/t9-,11+/m0/s1. The number of hydrogen-bond donors (Lipinski definition) is 1. The molecule has 1 N–H and O–H groups in total. The highest BCUT2D eigenvalue weighted by molar-refractivity contribution is 8.00. The van der Waals surface area contributed by atoms with Gasteiger partial charge in [0.15, 0.2) is 0 Å². The molecule has 0 bridgehead atoms. The minimum atomic E-state index is -0.397. The van der Waals surface area contributed by atoms with Crippen LogP contribution < -0.4 is 10.2 Å². The third-order valence-corrected chi connectivity index (χ3v) is 4.55. The molecule has 20 heavy (non-hydrogen) atoms. The van der Waals surface area contributed by atoms with Crippen molar-refractivity contribution in [1.82, 2.24) is 10.3 Å². The van der Waals surface area contributed by atoms with Crippen molar-refractivity contribution < 1.29 is 9.59 Å². The van der Waals surface area contributed by atoms with Gasteiger partial charge in [0.1, 0.15) is 5.03 Å². The number of anilines is 1. The fraction of sp³-hybridized carbons (Fsp3) is 0.500. The van der Waals surface area contributed by atoms with E-state index < -0.39 is 5.25 Å². The molecule has 0 aliphatic carbocycles. The SMILES string of the molecule is CC[C@H](C)NC(=O)C[C@H]1Sc2ncccc2N(C)C1=O. The number of rotatable bonds is 4. The predicted molar refractivity (Wildman–Crippen MR) is 79.8 cm³/mol. The van der Waals surface area contributed by atoms with Gasteiger partial charge in [-0.25, -0.2) is 4.98 Å². The topological polar surface area (TPSA) is 62.3 Å². The number of hydrogen-bond acceptors (Lipinski definition) is 4. The second-order valence-corrected chi connectivity index (χ2v) is 6.10. The Morgan fingerprint density at radius 2 is 2.35 bits per heavy atom. The zero-order chi connectivity index (χ0) is 14.7. The second kappa shape index (κ2) is 6.26. The first-order valence-corrected chi connectivity index (χ1v) is 7.59. The average Bonchev–Trinajstić information content (AvgIpc) is 2.44. The number of fused-ring (bicyclic) bond motifs is 1. The molecule has 1 aliphatic heterocycles. The Labute approximate surface area is 123 Å². The quantitative estimate of drug-likeness (QED) is 0.920. The summed E-state index contributed by atoms with van der Waals surface area (Å²) in [6.07, 6.45) is 2.77. The van der Waals surface area contributed by atoms with Crippen molar-refractivity contribution in [2.45, 2.75) is 43.0 Å². The lowest BCUT2D eigenvalue weighted by molar-refractivity contribution is -0.125. The van der Waals surface area contributed by atoms with E-state index in [2.05, 4.69) is 10.3 Å². The summed E-state index contributed by atoms with van der Waals surface area (Å²) in [7, 11) is 1.72.